The van der Waals surface area contributed by atoms with E-state index < -0.39 is 0 Å². The van der Waals surface area contributed by atoms with Crippen LogP contribution in [0.15, 0.2) is 27.5 Å². The number of thioether (sulfide) groups is 1. The molecule has 92 valence electrons. The van der Waals surface area contributed by atoms with Gasteiger partial charge in [0.25, 0.3) is 0 Å². The highest BCUT2D eigenvalue weighted by Gasteiger charge is 2.07. The molecule has 2 aromatic rings. The van der Waals surface area contributed by atoms with Crippen LogP contribution in [0.5, 0.6) is 0 Å². The van der Waals surface area contributed by atoms with Crippen molar-refractivity contribution in [3.8, 4) is 0 Å². The summed E-state index contributed by atoms with van der Waals surface area (Å²) in [4.78, 5) is 7.69. The first-order valence-corrected chi connectivity index (χ1v) is 6.54. The summed E-state index contributed by atoms with van der Waals surface area (Å²) in [5.41, 5.74) is 7.25. The van der Waals surface area contributed by atoms with Gasteiger partial charge in [0, 0.05) is 17.2 Å². The summed E-state index contributed by atoms with van der Waals surface area (Å²) < 4.78 is 5.65. The lowest BCUT2D eigenvalue weighted by atomic mass is 10.3. The first-order chi connectivity index (χ1) is 8.19. The first-order valence-electron chi connectivity index (χ1n) is 5.56. The summed E-state index contributed by atoms with van der Waals surface area (Å²) in [5.74, 6) is 1.68. The van der Waals surface area contributed by atoms with Gasteiger partial charge in [0.15, 0.2) is 5.58 Å². The molecule has 0 radical (unpaired) electrons. The molecule has 0 aliphatic heterocycles. The fraction of sp³-hybridized carbons (Fsp3) is 0.417. The largest absolute Gasteiger partial charge is 0.439 e. The highest BCUT2D eigenvalue weighted by atomic mass is 32.2. The Bertz CT molecular complexity index is 495. The fourth-order valence-corrected chi connectivity index (χ4v) is 2.27. The first kappa shape index (κ1) is 12.4. The number of oxazole rings is 1. The predicted octanol–water partition coefficient (Wildman–Crippen LogP) is 1.94. The Morgan fingerprint density at radius 3 is 2.94 bits per heavy atom. The molecule has 1 aromatic heterocycles. The molecule has 0 aliphatic carbocycles. The fourth-order valence-electron chi connectivity index (χ4n) is 1.56. The van der Waals surface area contributed by atoms with E-state index in [1.54, 1.807) is 11.8 Å². The molecule has 0 atom stereocenters. The minimum atomic E-state index is 0.688. The number of nitrogens with zero attached hydrogens (tertiary/aromatic N) is 2. The van der Waals surface area contributed by atoms with Gasteiger partial charge < -0.3 is 15.1 Å². The summed E-state index contributed by atoms with van der Waals surface area (Å²) in [5, 5.41) is 0. The number of aromatic nitrogens is 1. The topological polar surface area (TPSA) is 55.3 Å². The van der Waals surface area contributed by atoms with E-state index in [4.69, 9.17) is 10.2 Å². The van der Waals surface area contributed by atoms with Crippen LogP contribution in [0.2, 0.25) is 0 Å². The van der Waals surface area contributed by atoms with Crippen molar-refractivity contribution in [2.45, 2.75) is 11.4 Å². The smallest absolute Gasteiger partial charge is 0.209 e. The zero-order chi connectivity index (χ0) is 12.3. The van der Waals surface area contributed by atoms with Crippen molar-refractivity contribution in [2.75, 3.05) is 26.4 Å². The molecular formula is C12H17N3OS. The lowest BCUT2D eigenvalue weighted by molar-refractivity contribution is 0.349. The van der Waals surface area contributed by atoms with Crippen molar-refractivity contribution in [2.24, 2.45) is 5.73 Å². The molecular weight excluding hydrogens is 234 g/mol. The maximum absolute atomic E-state index is 5.65. The third-order valence-electron chi connectivity index (χ3n) is 2.24. The molecule has 0 fully saturated rings. The molecule has 17 heavy (non-hydrogen) atoms. The van der Waals surface area contributed by atoms with Gasteiger partial charge in [-0.15, -0.1) is 11.8 Å². The van der Waals surface area contributed by atoms with Crippen molar-refractivity contribution >= 4 is 22.9 Å². The second-order valence-electron chi connectivity index (χ2n) is 4.11. The molecule has 4 nitrogen and oxygen atoms in total. The predicted molar refractivity (Wildman–Crippen MR) is 71.2 cm³/mol. The molecule has 0 aliphatic rings. The number of rotatable bonds is 5. The summed E-state index contributed by atoms with van der Waals surface area (Å²) in [6, 6.07) is 6.08. The van der Waals surface area contributed by atoms with Crippen LogP contribution >= 0.6 is 11.8 Å². The monoisotopic (exact) mass is 251 g/mol. The maximum atomic E-state index is 5.65. The number of benzene rings is 1. The lowest BCUT2D eigenvalue weighted by Crippen LogP contribution is -2.10. The van der Waals surface area contributed by atoms with Crippen LogP contribution < -0.4 is 5.73 Å². The molecule has 1 heterocycles. The van der Waals surface area contributed by atoms with Crippen molar-refractivity contribution < 1.29 is 4.42 Å². The molecule has 0 unspecified atom stereocenters. The normalized spacial score (nSPS) is 11.5. The number of hydrogen-bond acceptors (Lipinski definition) is 5. The summed E-state index contributed by atoms with van der Waals surface area (Å²) in [6.45, 7) is 1.41. The van der Waals surface area contributed by atoms with Gasteiger partial charge >= 0.3 is 0 Å². The Morgan fingerprint density at radius 1 is 1.41 bits per heavy atom. The van der Waals surface area contributed by atoms with E-state index in [0.29, 0.717) is 6.54 Å². The van der Waals surface area contributed by atoms with E-state index in [-0.39, 0.29) is 0 Å². The van der Waals surface area contributed by atoms with Gasteiger partial charge in [-0.2, -0.15) is 0 Å². The number of hydrogen-bond donors (Lipinski definition) is 1. The van der Waals surface area contributed by atoms with Crippen LogP contribution in [0.4, 0.5) is 0 Å². The Hall–Kier alpha value is -1.04. The van der Waals surface area contributed by atoms with Gasteiger partial charge in [-0.1, -0.05) is 0 Å². The van der Waals surface area contributed by atoms with E-state index >= 15 is 0 Å². The highest BCUT2D eigenvalue weighted by molar-refractivity contribution is 7.99. The van der Waals surface area contributed by atoms with Gasteiger partial charge in [0.1, 0.15) is 5.52 Å². The van der Waals surface area contributed by atoms with Crippen LogP contribution in [-0.4, -0.2) is 36.3 Å². The van der Waals surface area contributed by atoms with Crippen molar-refractivity contribution in [1.82, 2.24) is 9.88 Å². The molecule has 0 bridgehead atoms. The molecule has 0 amide bonds. The third-order valence-corrected chi connectivity index (χ3v) is 3.27. The maximum Gasteiger partial charge on any atom is 0.209 e. The Kier molecular flexibility index (Phi) is 4.04. The molecule has 0 saturated heterocycles. The Balaban J connectivity index is 2.21. The lowest BCUT2D eigenvalue weighted by Gasteiger charge is -2.03. The second-order valence-corrected chi connectivity index (χ2v) is 5.28. The number of fused-ring (bicyclic) bond motifs is 1. The zero-order valence-electron chi connectivity index (χ0n) is 10.1. The minimum absolute atomic E-state index is 0.688. The minimum Gasteiger partial charge on any atom is -0.439 e. The molecule has 0 saturated carbocycles. The Morgan fingerprint density at radius 2 is 2.24 bits per heavy atom. The van der Waals surface area contributed by atoms with Crippen molar-refractivity contribution in [3.63, 3.8) is 0 Å². The van der Waals surface area contributed by atoms with Crippen LogP contribution in [0, 0.1) is 0 Å². The van der Waals surface area contributed by atoms with E-state index in [9.17, 15) is 0 Å². The van der Waals surface area contributed by atoms with Crippen molar-refractivity contribution in [3.05, 3.63) is 24.1 Å². The summed E-state index contributed by atoms with van der Waals surface area (Å²) >= 11 is 1.74. The van der Waals surface area contributed by atoms with E-state index in [2.05, 4.69) is 11.1 Å². The SMILES string of the molecule is CN(C)Cc1nc2cc(SCCN)ccc2o1. The van der Waals surface area contributed by atoms with Gasteiger partial charge in [-0.05, 0) is 32.3 Å². The van der Waals surface area contributed by atoms with Crippen LogP contribution in [0.3, 0.4) is 0 Å². The molecule has 1 aromatic carbocycles. The van der Waals surface area contributed by atoms with Crippen LogP contribution in [0.25, 0.3) is 11.1 Å². The average molecular weight is 251 g/mol. The van der Waals surface area contributed by atoms with Gasteiger partial charge in [-0.3, -0.25) is 0 Å². The van der Waals surface area contributed by atoms with E-state index in [0.717, 1.165) is 29.3 Å². The van der Waals surface area contributed by atoms with Crippen LogP contribution in [0.1, 0.15) is 5.89 Å². The Labute approximate surface area is 105 Å². The molecule has 5 heteroatoms. The molecule has 2 rings (SSSR count). The van der Waals surface area contributed by atoms with E-state index in [1.165, 1.54) is 4.90 Å². The van der Waals surface area contributed by atoms with Gasteiger partial charge in [-0.25, -0.2) is 4.98 Å². The standard InChI is InChI=1S/C12H17N3OS/c1-15(2)8-12-14-10-7-9(17-6-5-13)3-4-11(10)16-12/h3-4,7H,5-6,8,13H2,1-2H3. The average Bonchev–Trinajstić information content (AvgIpc) is 2.66. The van der Waals surface area contributed by atoms with Gasteiger partial charge in [0.2, 0.25) is 5.89 Å². The van der Waals surface area contributed by atoms with Crippen molar-refractivity contribution in [1.29, 1.82) is 0 Å². The number of nitrogens with two attached hydrogens (primary N) is 1. The molecule has 0 spiro atoms. The van der Waals surface area contributed by atoms with Crippen LogP contribution in [-0.2, 0) is 6.54 Å². The van der Waals surface area contributed by atoms with Gasteiger partial charge in [0.05, 0.1) is 6.54 Å². The summed E-state index contributed by atoms with van der Waals surface area (Å²) in [7, 11) is 3.99. The third kappa shape index (κ3) is 3.21. The van der Waals surface area contributed by atoms with E-state index in [1.807, 2.05) is 31.1 Å². The zero-order valence-corrected chi connectivity index (χ0v) is 11.0. The summed E-state index contributed by atoms with van der Waals surface area (Å²) in [6.07, 6.45) is 0. The molecule has 2 N–H and O–H groups in total. The second kappa shape index (κ2) is 5.53. The quantitative estimate of drug-likeness (QED) is 0.823. The highest BCUT2D eigenvalue weighted by Crippen LogP contribution is 2.24.